The minimum atomic E-state index is -0.249. The Hall–Kier alpha value is -0.290. The Balaban J connectivity index is 2.23. The van der Waals surface area contributed by atoms with Gasteiger partial charge in [-0.3, -0.25) is 0 Å². The van der Waals surface area contributed by atoms with Gasteiger partial charge in [-0.1, -0.05) is 13.8 Å². The van der Waals surface area contributed by atoms with Crippen LogP contribution in [0.4, 0.5) is 10.2 Å². The minimum Gasteiger partial charge on any atom is -0.352 e. The van der Waals surface area contributed by atoms with Crippen molar-refractivity contribution >= 4 is 33.5 Å². The van der Waals surface area contributed by atoms with Gasteiger partial charge in [0.2, 0.25) is 0 Å². The van der Waals surface area contributed by atoms with Gasteiger partial charge in [0.25, 0.3) is 0 Å². The van der Waals surface area contributed by atoms with Crippen LogP contribution in [-0.2, 0) is 0 Å². The van der Waals surface area contributed by atoms with E-state index in [1.807, 2.05) is 16.7 Å². The fourth-order valence-electron chi connectivity index (χ4n) is 1.99. The van der Waals surface area contributed by atoms with E-state index in [4.69, 9.17) is 0 Å². The Bertz CT molecular complexity index is 378. The topological polar surface area (TPSA) is 16.1 Å². The van der Waals surface area contributed by atoms with E-state index in [0.29, 0.717) is 20.8 Å². The summed E-state index contributed by atoms with van der Waals surface area (Å²) in [6, 6.07) is 1.47. The molecule has 5 heteroatoms. The SMILES string of the molecule is CC1CN(c2ncc(Br)cc2F)CC(C)S1. The number of rotatable bonds is 1. The number of pyridine rings is 1. The summed E-state index contributed by atoms with van der Waals surface area (Å²) in [6.45, 7) is 6.06. The summed E-state index contributed by atoms with van der Waals surface area (Å²) in [4.78, 5) is 6.20. The van der Waals surface area contributed by atoms with E-state index in [1.54, 1.807) is 6.20 Å². The lowest BCUT2D eigenvalue weighted by atomic mass is 10.3. The Kier molecular flexibility index (Phi) is 3.74. The summed E-state index contributed by atoms with van der Waals surface area (Å²) >= 11 is 5.17. The zero-order valence-corrected chi connectivity index (χ0v) is 11.7. The molecule has 88 valence electrons. The summed E-state index contributed by atoms with van der Waals surface area (Å²) in [5.74, 6) is 0.225. The first-order chi connectivity index (χ1) is 7.56. The van der Waals surface area contributed by atoms with Crippen LogP contribution in [0.25, 0.3) is 0 Å². The predicted molar refractivity (Wildman–Crippen MR) is 70.6 cm³/mol. The summed E-state index contributed by atoms with van der Waals surface area (Å²) in [5.41, 5.74) is 0. The Labute approximate surface area is 108 Å². The molecular formula is C11H14BrFN2S. The number of thioether (sulfide) groups is 1. The van der Waals surface area contributed by atoms with Crippen LogP contribution in [0.5, 0.6) is 0 Å². The molecular weight excluding hydrogens is 291 g/mol. The molecule has 0 radical (unpaired) electrons. The van der Waals surface area contributed by atoms with Gasteiger partial charge in [-0.15, -0.1) is 0 Å². The number of halogens is 2. The van der Waals surface area contributed by atoms with Crippen molar-refractivity contribution in [2.75, 3.05) is 18.0 Å². The normalized spacial score (nSPS) is 25.9. The maximum Gasteiger partial charge on any atom is 0.166 e. The molecule has 2 nitrogen and oxygen atoms in total. The summed E-state index contributed by atoms with van der Waals surface area (Å²) < 4.78 is 14.4. The zero-order chi connectivity index (χ0) is 11.7. The van der Waals surface area contributed by atoms with Crippen molar-refractivity contribution in [2.24, 2.45) is 0 Å². The van der Waals surface area contributed by atoms with E-state index in [2.05, 4.69) is 34.8 Å². The molecule has 2 atom stereocenters. The molecule has 0 aliphatic carbocycles. The first-order valence-corrected chi connectivity index (χ1v) is 7.01. The van der Waals surface area contributed by atoms with Gasteiger partial charge in [0.15, 0.2) is 11.6 Å². The van der Waals surface area contributed by atoms with Crippen LogP contribution in [0.3, 0.4) is 0 Å². The van der Waals surface area contributed by atoms with Crippen molar-refractivity contribution < 1.29 is 4.39 Å². The van der Waals surface area contributed by atoms with Gasteiger partial charge >= 0.3 is 0 Å². The van der Waals surface area contributed by atoms with Crippen molar-refractivity contribution in [3.8, 4) is 0 Å². The molecule has 1 aliphatic heterocycles. The molecule has 16 heavy (non-hydrogen) atoms. The van der Waals surface area contributed by atoms with Gasteiger partial charge in [-0.25, -0.2) is 9.37 Å². The molecule has 2 rings (SSSR count). The number of anilines is 1. The molecule has 0 N–H and O–H groups in total. The van der Waals surface area contributed by atoms with E-state index >= 15 is 0 Å². The third-order valence-electron chi connectivity index (χ3n) is 2.51. The Morgan fingerprint density at radius 3 is 2.62 bits per heavy atom. The highest BCUT2D eigenvalue weighted by Gasteiger charge is 2.25. The van der Waals surface area contributed by atoms with Crippen molar-refractivity contribution in [1.82, 2.24) is 4.98 Å². The quantitative estimate of drug-likeness (QED) is 0.792. The molecule has 1 saturated heterocycles. The standard InChI is InChI=1S/C11H14BrFN2S/c1-7-5-15(6-8(2)16-7)11-10(13)3-9(12)4-14-11/h3-4,7-8H,5-6H2,1-2H3. The third kappa shape index (κ3) is 2.69. The van der Waals surface area contributed by atoms with Gasteiger partial charge in [-0.05, 0) is 22.0 Å². The van der Waals surface area contributed by atoms with Crippen LogP contribution in [0.2, 0.25) is 0 Å². The molecule has 0 amide bonds. The summed E-state index contributed by atoms with van der Waals surface area (Å²) in [6.07, 6.45) is 1.65. The third-order valence-corrected chi connectivity index (χ3v) is 4.17. The highest BCUT2D eigenvalue weighted by Crippen LogP contribution is 2.29. The van der Waals surface area contributed by atoms with E-state index in [9.17, 15) is 4.39 Å². The number of aromatic nitrogens is 1. The number of hydrogen-bond donors (Lipinski definition) is 0. The highest BCUT2D eigenvalue weighted by molar-refractivity contribution is 9.10. The van der Waals surface area contributed by atoms with E-state index in [0.717, 1.165) is 13.1 Å². The molecule has 1 fully saturated rings. The lowest BCUT2D eigenvalue weighted by molar-refractivity contribution is 0.601. The van der Waals surface area contributed by atoms with Gasteiger partial charge in [0, 0.05) is 34.3 Å². The van der Waals surface area contributed by atoms with E-state index in [-0.39, 0.29) is 5.82 Å². The van der Waals surface area contributed by atoms with Crippen LogP contribution < -0.4 is 4.90 Å². The van der Waals surface area contributed by atoms with Crippen molar-refractivity contribution in [2.45, 2.75) is 24.3 Å². The summed E-state index contributed by atoms with van der Waals surface area (Å²) in [7, 11) is 0. The van der Waals surface area contributed by atoms with Crippen LogP contribution in [0.1, 0.15) is 13.8 Å². The van der Waals surface area contributed by atoms with Crippen molar-refractivity contribution in [3.05, 3.63) is 22.6 Å². The van der Waals surface area contributed by atoms with E-state index < -0.39 is 0 Å². The molecule has 0 bridgehead atoms. The van der Waals surface area contributed by atoms with Crippen LogP contribution in [-0.4, -0.2) is 28.6 Å². The minimum absolute atomic E-state index is 0.249. The molecule has 1 aliphatic rings. The molecule has 1 aromatic heterocycles. The molecule has 0 aromatic carbocycles. The second-order valence-electron chi connectivity index (χ2n) is 4.12. The summed E-state index contributed by atoms with van der Waals surface area (Å²) in [5, 5.41) is 1.04. The van der Waals surface area contributed by atoms with Crippen molar-refractivity contribution in [3.63, 3.8) is 0 Å². The van der Waals surface area contributed by atoms with Gasteiger partial charge in [0.1, 0.15) is 0 Å². The molecule has 0 spiro atoms. The molecule has 2 unspecified atom stereocenters. The monoisotopic (exact) mass is 304 g/mol. The first kappa shape index (κ1) is 12.2. The van der Waals surface area contributed by atoms with Gasteiger partial charge in [0.05, 0.1) is 0 Å². The van der Waals surface area contributed by atoms with Gasteiger partial charge < -0.3 is 4.90 Å². The highest BCUT2D eigenvalue weighted by atomic mass is 79.9. The average Bonchev–Trinajstić information content (AvgIpc) is 2.15. The zero-order valence-electron chi connectivity index (χ0n) is 9.28. The maximum atomic E-state index is 13.7. The van der Waals surface area contributed by atoms with E-state index in [1.165, 1.54) is 6.07 Å². The second kappa shape index (κ2) is 4.92. The number of nitrogens with zero attached hydrogens (tertiary/aromatic N) is 2. The largest absolute Gasteiger partial charge is 0.352 e. The fraction of sp³-hybridized carbons (Fsp3) is 0.545. The van der Waals surface area contributed by atoms with Crippen LogP contribution in [0, 0.1) is 5.82 Å². The maximum absolute atomic E-state index is 13.7. The average molecular weight is 305 g/mol. The van der Waals surface area contributed by atoms with Crippen LogP contribution >= 0.6 is 27.7 Å². The van der Waals surface area contributed by atoms with Crippen molar-refractivity contribution in [1.29, 1.82) is 0 Å². The lowest BCUT2D eigenvalue weighted by Crippen LogP contribution is -2.41. The molecule has 2 heterocycles. The lowest BCUT2D eigenvalue weighted by Gasteiger charge is -2.35. The second-order valence-corrected chi connectivity index (χ2v) is 6.92. The first-order valence-electron chi connectivity index (χ1n) is 5.27. The van der Waals surface area contributed by atoms with Crippen LogP contribution in [0.15, 0.2) is 16.7 Å². The molecule has 0 saturated carbocycles. The fourth-order valence-corrected chi connectivity index (χ4v) is 3.62. The predicted octanol–water partition coefficient (Wildman–Crippen LogP) is 3.31. The Morgan fingerprint density at radius 1 is 1.44 bits per heavy atom. The van der Waals surface area contributed by atoms with Gasteiger partial charge in [-0.2, -0.15) is 11.8 Å². The molecule has 1 aromatic rings. The smallest absolute Gasteiger partial charge is 0.166 e. The Morgan fingerprint density at radius 2 is 2.06 bits per heavy atom. The number of hydrogen-bond acceptors (Lipinski definition) is 3.